The highest BCUT2D eigenvalue weighted by Gasteiger charge is 2.35. The van der Waals surface area contributed by atoms with Gasteiger partial charge < -0.3 is 4.90 Å². The van der Waals surface area contributed by atoms with E-state index in [0.29, 0.717) is 6.07 Å². The quantitative estimate of drug-likeness (QED) is 0.361. The molecule has 33 heavy (non-hydrogen) atoms. The van der Waals surface area contributed by atoms with Gasteiger partial charge in [0.05, 0.1) is 21.7 Å². The fraction of sp³-hybridized carbons (Fsp3) is 0.350. The van der Waals surface area contributed by atoms with Gasteiger partial charge in [0, 0.05) is 25.1 Å². The molecule has 2 aromatic rings. The summed E-state index contributed by atoms with van der Waals surface area (Å²) in [5, 5.41) is 11.3. The smallest absolute Gasteiger partial charge is 0.366 e. The van der Waals surface area contributed by atoms with Crippen molar-refractivity contribution in [2.45, 2.75) is 25.2 Å². The van der Waals surface area contributed by atoms with E-state index in [0.717, 1.165) is 24.3 Å². The number of rotatable bonds is 5. The summed E-state index contributed by atoms with van der Waals surface area (Å²) < 4.78 is 77.8. The number of piperidine rings is 1. The Kier molecular flexibility index (Phi) is 6.70. The van der Waals surface area contributed by atoms with E-state index in [1.165, 1.54) is 17.0 Å². The standard InChI is InChI=1S/C20H18F6N4O3/c21-19(22,23)13-5-6-16(17(11-13)30(32)33)29-9-7-12(8-10-29)18(31)28-27-15-4-2-1-3-14(15)20(24,25)26/h1-6,11-12,27H,7-10H2,(H,28,31). The van der Waals surface area contributed by atoms with E-state index in [1.54, 1.807) is 0 Å². The van der Waals surface area contributed by atoms with Gasteiger partial charge in [-0.2, -0.15) is 26.3 Å². The minimum Gasteiger partial charge on any atom is -0.366 e. The summed E-state index contributed by atoms with van der Waals surface area (Å²) in [4.78, 5) is 24.3. The van der Waals surface area contributed by atoms with Crippen molar-refractivity contribution in [1.82, 2.24) is 5.43 Å². The van der Waals surface area contributed by atoms with Gasteiger partial charge in [-0.05, 0) is 37.1 Å². The molecule has 0 spiro atoms. The molecule has 0 unspecified atom stereocenters. The van der Waals surface area contributed by atoms with Crippen LogP contribution in [0.4, 0.5) is 43.4 Å². The van der Waals surface area contributed by atoms with E-state index in [9.17, 15) is 41.3 Å². The first kappa shape index (κ1) is 24.1. The fourth-order valence-electron chi connectivity index (χ4n) is 3.57. The molecule has 0 bridgehead atoms. The number of nitrogens with zero attached hydrogens (tertiary/aromatic N) is 2. The Morgan fingerprint density at radius 1 is 1.00 bits per heavy atom. The number of amides is 1. The van der Waals surface area contributed by atoms with E-state index in [4.69, 9.17) is 0 Å². The molecule has 1 heterocycles. The summed E-state index contributed by atoms with van der Waals surface area (Å²) >= 11 is 0. The van der Waals surface area contributed by atoms with Crippen molar-refractivity contribution in [3.05, 3.63) is 63.7 Å². The van der Waals surface area contributed by atoms with Crippen molar-refractivity contribution in [2.75, 3.05) is 23.4 Å². The molecule has 13 heteroatoms. The van der Waals surface area contributed by atoms with Gasteiger partial charge in [-0.1, -0.05) is 12.1 Å². The van der Waals surface area contributed by atoms with Gasteiger partial charge in [0.2, 0.25) is 5.91 Å². The van der Waals surface area contributed by atoms with Gasteiger partial charge in [-0.15, -0.1) is 0 Å². The zero-order valence-electron chi connectivity index (χ0n) is 16.8. The Morgan fingerprint density at radius 2 is 1.64 bits per heavy atom. The molecule has 1 saturated heterocycles. The number of carbonyl (C=O) groups excluding carboxylic acids is 1. The number of nitro groups is 1. The second kappa shape index (κ2) is 9.16. The third-order valence-electron chi connectivity index (χ3n) is 5.26. The van der Waals surface area contributed by atoms with E-state index < -0.39 is 45.9 Å². The van der Waals surface area contributed by atoms with Crippen molar-refractivity contribution in [3.8, 4) is 0 Å². The second-order valence-electron chi connectivity index (χ2n) is 7.38. The summed E-state index contributed by atoms with van der Waals surface area (Å²) in [6.45, 7) is 0.285. The Bertz CT molecular complexity index is 1030. The zero-order chi connectivity index (χ0) is 24.4. The largest absolute Gasteiger partial charge is 0.418 e. The highest BCUT2D eigenvalue weighted by Crippen LogP contribution is 2.38. The SMILES string of the molecule is O=C(NNc1ccccc1C(F)(F)F)C1CCN(c2ccc(C(F)(F)F)cc2[N+](=O)[O-])CC1. The van der Waals surface area contributed by atoms with Crippen LogP contribution in [0.15, 0.2) is 42.5 Å². The molecule has 1 fully saturated rings. The Labute approximate surface area is 183 Å². The summed E-state index contributed by atoms with van der Waals surface area (Å²) in [7, 11) is 0. The van der Waals surface area contributed by atoms with E-state index >= 15 is 0 Å². The van der Waals surface area contributed by atoms with Crippen LogP contribution in [0, 0.1) is 16.0 Å². The van der Waals surface area contributed by atoms with Crippen LogP contribution in [-0.4, -0.2) is 23.9 Å². The lowest BCUT2D eigenvalue weighted by Crippen LogP contribution is -2.42. The van der Waals surface area contributed by atoms with Gasteiger partial charge in [0.15, 0.2) is 0 Å². The molecule has 178 valence electrons. The van der Waals surface area contributed by atoms with Crippen molar-refractivity contribution in [3.63, 3.8) is 0 Å². The van der Waals surface area contributed by atoms with Gasteiger partial charge in [-0.3, -0.25) is 25.8 Å². The Morgan fingerprint density at radius 3 is 2.21 bits per heavy atom. The van der Waals surface area contributed by atoms with E-state index in [2.05, 4.69) is 10.9 Å². The lowest BCUT2D eigenvalue weighted by Gasteiger charge is -2.32. The molecular formula is C20H18F6N4O3. The highest BCUT2D eigenvalue weighted by atomic mass is 19.4. The lowest BCUT2D eigenvalue weighted by atomic mass is 9.95. The minimum absolute atomic E-state index is 0.00378. The van der Waals surface area contributed by atoms with Crippen molar-refractivity contribution in [1.29, 1.82) is 0 Å². The molecule has 1 aliphatic heterocycles. The summed E-state index contributed by atoms with van der Waals surface area (Å²) in [5.74, 6) is -1.16. The normalized spacial score (nSPS) is 15.3. The number of carbonyl (C=O) groups is 1. The summed E-state index contributed by atoms with van der Waals surface area (Å²) in [6.07, 6.45) is -8.94. The number of nitrogens with one attached hydrogen (secondary N) is 2. The van der Waals surface area contributed by atoms with Crippen LogP contribution in [0.25, 0.3) is 0 Å². The molecule has 0 radical (unpaired) electrons. The van der Waals surface area contributed by atoms with E-state index in [-0.39, 0.29) is 37.3 Å². The van der Waals surface area contributed by atoms with Crippen LogP contribution in [0.3, 0.4) is 0 Å². The summed E-state index contributed by atoms with van der Waals surface area (Å²) in [6, 6.07) is 6.86. The number of nitro benzene ring substituents is 1. The molecule has 1 amide bonds. The van der Waals surface area contributed by atoms with Crippen molar-refractivity contribution < 1.29 is 36.1 Å². The first-order chi connectivity index (χ1) is 15.4. The zero-order valence-corrected chi connectivity index (χ0v) is 16.8. The number of hydrogen-bond donors (Lipinski definition) is 2. The van der Waals surface area contributed by atoms with Gasteiger partial charge >= 0.3 is 12.4 Å². The molecule has 2 aromatic carbocycles. The third-order valence-corrected chi connectivity index (χ3v) is 5.26. The second-order valence-corrected chi connectivity index (χ2v) is 7.38. The Hall–Kier alpha value is -3.51. The van der Waals surface area contributed by atoms with Crippen LogP contribution in [-0.2, 0) is 17.1 Å². The van der Waals surface area contributed by atoms with Crippen molar-refractivity contribution in [2.24, 2.45) is 5.92 Å². The third kappa shape index (κ3) is 5.65. The first-order valence-corrected chi connectivity index (χ1v) is 9.70. The molecule has 0 saturated carbocycles. The van der Waals surface area contributed by atoms with Crippen LogP contribution in [0.5, 0.6) is 0 Å². The van der Waals surface area contributed by atoms with Crippen LogP contribution >= 0.6 is 0 Å². The molecule has 1 aliphatic rings. The molecule has 0 atom stereocenters. The number of alkyl halides is 6. The number of hydrazine groups is 1. The highest BCUT2D eigenvalue weighted by molar-refractivity contribution is 5.80. The first-order valence-electron chi connectivity index (χ1n) is 9.70. The maximum absolute atomic E-state index is 13.0. The predicted octanol–water partition coefficient (Wildman–Crippen LogP) is 4.99. The van der Waals surface area contributed by atoms with E-state index in [1.807, 2.05) is 0 Å². The molecule has 0 aromatic heterocycles. The number of para-hydroxylation sites is 1. The molecule has 7 nitrogen and oxygen atoms in total. The maximum atomic E-state index is 13.0. The monoisotopic (exact) mass is 476 g/mol. The maximum Gasteiger partial charge on any atom is 0.418 e. The predicted molar refractivity (Wildman–Crippen MR) is 106 cm³/mol. The number of benzene rings is 2. The molecule has 2 N–H and O–H groups in total. The average molecular weight is 476 g/mol. The van der Waals surface area contributed by atoms with Crippen molar-refractivity contribution >= 4 is 23.0 Å². The topological polar surface area (TPSA) is 87.5 Å². The number of halogens is 6. The lowest BCUT2D eigenvalue weighted by molar-refractivity contribution is -0.384. The number of hydrogen-bond acceptors (Lipinski definition) is 5. The average Bonchev–Trinajstić information content (AvgIpc) is 2.76. The van der Waals surface area contributed by atoms with Crippen LogP contribution in [0.2, 0.25) is 0 Å². The number of anilines is 2. The molecule has 3 rings (SSSR count). The molecule has 0 aliphatic carbocycles. The van der Waals surface area contributed by atoms with Gasteiger partial charge in [-0.25, -0.2) is 0 Å². The van der Waals surface area contributed by atoms with Crippen LogP contribution in [0.1, 0.15) is 24.0 Å². The Balaban J connectivity index is 1.64. The summed E-state index contributed by atoms with van der Waals surface area (Å²) in [5.41, 5.74) is 1.42. The van der Waals surface area contributed by atoms with Gasteiger partial charge in [0.25, 0.3) is 5.69 Å². The van der Waals surface area contributed by atoms with Crippen LogP contribution < -0.4 is 15.8 Å². The van der Waals surface area contributed by atoms with Gasteiger partial charge in [0.1, 0.15) is 5.69 Å². The fourth-order valence-corrected chi connectivity index (χ4v) is 3.57. The minimum atomic E-state index is -4.73. The molecular weight excluding hydrogens is 458 g/mol.